The van der Waals surface area contributed by atoms with E-state index in [0.717, 1.165) is 5.56 Å². The molecule has 1 unspecified atom stereocenters. The van der Waals surface area contributed by atoms with Crippen LogP contribution in [0.3, 0.4) is 0 Å². The molecule has 0 saturated heterocycles. The Hall–Kier alpha value is -1.03. The number of hydrogen-bond acceptors (Lipinski definition) is 2. The summed E-state index contributed by atoms with van der Waals surface area (Å²) < 4.78 is 12.5. The largest absolute Gasteiger partial charge is 0.481 e. The molecule has 0 saturated carbocycles. The summed E-state index contributed by atoms with van der Waals surface area (Å²) in [7, 11) is 0. The van der Waals surface area contributed by atoms with Gasteiger partial charge in [-0.25, -0.2) is 4.39 Å². The molecule has 4 heteroatoms. The zero-order valence-electron chi connectivity index (χ0n) is 7.48. The fourth-order valence-corrected chi connectivity index (χ4v) is 1.42. The molecule has 2 nitrogen and oxygen atoms in total. The predicted octanol–water partition coefficient (Wildman–Crippen LogP) is 2.00. The van der Waals surface area contributed by atoms with Crippen LogP contribution in [0.25, 0.3) is 0 Å². The van der Waals surface area contributed by atoms with Gasteiger partial charge in [-0.15, -0.1) is 0 Å². The van der Waals surface area contributed by atoms with E-state index in [2.05, 4.69) is 12.6 Å². The van der Waals surface area contributed by atoms with Gasteiger partial charge in [0.1, 0.15) is 5.82 Å². The summed E-state index contributed by atoms with van der Waals surface area (Å²) in [5.74, 6) is -1.41. The number of carboxylic acids is 1. The van der Waals surface area contributed by atoms with E-state index < -0.39 is 11.9 Å². The number of carboxylic acid groups (broad SMARTS) is 1. The molecule has 0 amide bonds. The fourth-order valence-electron chi connectivity index (χ4n) is 1.13. The van der Waals surface area contributed by atoms with Crippen molar-refractivity contribution in [3.05, 3.63) is 35.6 Å². The maximum atomic E-state index is 12.5. The molecule has 1 atom stereocenters. The van der Waals surface area contributed by atoms with E-state index in [0.29, 0.717) is 6.42 Å². The van der Waals surface area contributed by atoms with E-state index in [4.69, 9.17) is 5.11 Å². The SMILES string of the molecule is O=C(O)C(CS)Cc1ccc(F)cc1. The highest BCUT2D eigenvalue weighted by molar-refractivity contribution is 7.80. The van der Waals surface area contributed by atoms with Gasteiger partial charge in [-0.2, -0.15) is 12.6 Å². The maximum absolute atomic E-state index is 12.5. The first kappa shape index (κ1) is 11.0. The number of benzene rings is 1. The van der Waals surface area contributed by atoms with Gasteiger partial charge >= 0.3 is 5.97 Å². The summed E-state index contributed by atoms with van der Waals surface area (Å²) in [6, 6.07) is 5.84. The van der Waals surface area contributed by atoms with Crippen LogP contribution in [0.4, 0.5) is 4.39 Å². The van der Waals surface area contributed by atoms with Crippen LogP contribution in [0.2, 0.25) is 0 Å². The molecule has 0 spiro atoms. The number of thiol groups is 1. The first-order chi connectivity index (χ1) is 6.63. The summed E-state index contributed by atoms with van der Waals surface area (Å²) in [6.45, 7) is 0. The summed E-state index contributed by atoms with van der Waals surface area (Å²) in [5.41, 5.74) is 0.813. The van der Waals surface area contributed by atoms with Crippen molar-refractivity contribution in [2.45, 2.75) is 6.42 Å². The summed E-state index contributed by atoms with van der Waals surface area (Å²) in [4.78, 5) is 10.7. The maximum Gasteiger partial charge on any atom is 0.307 e. The zero-order valence-corrected chi connectivity index (χ0v) is 8.38. The third-order valence-corrected chi connectivity index (χ3v) is 2.41. The van der Waals surface area contributed by atoms with Crippen molar-refractivity contribution in [2.75, 3.05) is 5.75 Å². The molecule has 0 heterocycles. The molecular weight excluding hydrogens is 203 g/mol. The van der Waals surface area contributed by atoms with Crippen LogP contribution in [-0.4, -0.2) is 16.8 Å². The third kappa shape index (κ3) is 3.03. The van der Waals surface area contributed by atoms with Crippen LogP contribution in [0.15, 0.2) is 24.3 Å². The second-order valence-electron chi connectivity index (χ2n) is 3.05. The van der Waals surface area contributed by atoms with Crippen molar-refractivity contribution in [1.82, 2.24) is 0 Å². The number of rotatable bonds is 4. The van der Waals surface area contributed by atoms with Gasteiger partial charge in [0.15, 0.2) is 0 Å². The lowest BCUT2D eigenvalue weighted by atomic mass is 10.0. The Morgan fingerprint density at radius 3 is 2.43 bits per heavy atom. The Kier molecular flexibility index (Phi) is 3.95. The average Bonchev–Trinajstić information content (AvgIpc) is 2.16. The second kappa shape index (κ2) is 5.00. The molecule has 1 N–H and O–H groups in total. The van der Waals surface area contributed by atoms with E-state index >= 15 is 0 Å². The van der Waals surface area contributed by atoms with Crippen LogP contribution in [-0.2, 0) is 11.2 Å². The first-order valence-corrected chi connectivity index (χ1v) is 4.85. The van der Waals surface area contributed by atoms with Crippen LogP contribution < -0.4 is 0 Å². The molecule has 14 heavy (non-hydrogen) atoms. The van der Waals surface area contributed by atoms with Gasteiger partial charge in [0.05, 0.1) is 5.92 Å². The number of halogens is 1. The van der Waals surface area contributed by atoms with Gasteiger partial charge in [0.25, 0.3) is 0 Å². The highest BCUT2D eigenvalue weighted by Gasteiger charge is 2.15. The molecule has 1 aromatic rings. The van der Waals surface area contributed by atoms with Crippen molar-refractivity contribution in [3.8, 4) is 0 Å². The van der Waals surface area contributed by atoms with Crippen LogP contribution in [0, 0.1) is 11.7 Å². The van der Waals surface area contributed by atoms with Crippen LogP contribution >= 0.6 is 12.6 Å². The third-order valence-electron chi connectivity index (χ3n) is 1.96. The van der Waals surface area contributed by atoms with Crippen LogP contribution in [0.5, 0.6) is 0 Å². The van der Waals surface area contributed by atoms with Gasteiger partial charge in [-0.1, -0.05) is 12.1 Å². The number of aliphatic carboxylic acids is 1. The van der Waals surface area contributed by atoms with Gasteiger partial charge in [0, 0.05) is 5.75 Å². The molecule has 0 aliphatic carbocycles. The van der Waals surface area contributed by atoms with Gasteiger partial charge in [0.2, 0.25) is 0 Å². The molecule has 0 bridgehead atoms. The zero-order chi connectivity index (χ0) is 10.6. The van der Waals surface area contributed by atoms with Crippen molar-refractivity contribution in [1.29, 1.82) is 0 Å². The van der Waals surface area contributed by atoms with Crippen molar-refractivity contribution >= 4 is 18.6 Å². The van der Waals surface area contributed by atoms with Gasteiger partial charge in [-0.05, 0) is 24.1 Å². The highest BCUT2D eigenvalue weighted by Crippen LogP contribution is 2.11. The Labute approximate surface area is 87.2 Å². The number of hydrogen-bond donors (Lipinski definition) is 2. The summed E-state index contributed by atoms with van der Waals surface area (Å²) in [5, 5.41) is 8.77. The lowest BCUT2D eigenvalue weighted by molar-refractivity contribution is -0.140. The molecule has 1 aromatic carbocycles. The van der Waals surface area contributed by atoms with E-state index in [9.17, 15) is 9.18 Å². The van der Waals surface area contributed by atoms with Crippen molar-refractivity contribution < 1.29 is 14.3 Å². The van der Waals surface area contributed by atoms with E-state index in [1.54, 1.807) is 12.1 Å². The molecule has 76 valence electrons. The lowest BCUT2D eigenvalue weighted by Gasteiger charge is -2.08. The summed E-state index contributed by atoms with van der Waals surface area (Å²) in [6.07, 6.45) is 0.388. The number of carbonyl (C=O) groups is 1. The first-order valence-electron chi connectivity index (χ1n) is 4.21. The van der Waals surface area contributed by atoms with Gasteiger partial charge < -0.3 is 5.11 Å². The minimum Gasteiger partial charge on any atom is -0.481 e. The Morgan fingerprint density at radius 1 is 1.43 bits per heavy atom. The summed E-state index contributed by atoms with van der Waals surface area (Å²) >= 11 is 3.95. The average molecular weight is 214 g/mol. The smallest absolute Gasteiger partial charge is 0.307 e. The highest BCUT2D eigenvalue weighted by atomic mass is 32.1. The van der Waals surface area contributed by atoms with Crippen LogP contribution in [0.1, 0.15) is 5.56 Å². The monoisotopic (exact) mass is 214 g/mol. The normalized spacial score (nSPS) is 12.4. The fraction of sp³-hybridized carbons (Fsp3) is 0.300. The van der Waals surface area contributed by atoms with Crippen molar-refractivity contribution in [2.24, 2.45) is 5.92 Å². The van der Waals surface area contributed by atoms with Gasteiger partial charge in [-0.3, -0.25) is 4.79 Å². The topological polar surface area (TPSA) is 37.3 Å². The molecule has 0 aliphatic rings. The molecule has 1 rings (SSSR count). The molecule has 0 fully saturated rings. The lowest BCUT2D eigenvalue weighted by Crippen LogP contribution is -2.17. The molecule has 0 aliphatic heterocycles. The van der Waals surface area contributed by atoms with E-state index in [1.807, 2.05) is 0 Å². The quantitative estimate of drug-likeness (QED) is 0.752. The van der Waals surface area contributed by atoms with E-state index in [1.165, 1.54) is 12.1 Å². The minimum absolute atomic E-state index is 0.284. The Morgan fingerprint density at radius 2 is 2.00 bits per heavy atom. The standard InChI is InChI=1S/C10H11FO2S/c11-9-3-1-7(2-4-9)5-8(6-14)10(12)13/h1-4,8,14H,5-6H2,(H,12,13). The van der Waals surface area contributed by atoms with E-state index in [-0.39, 0.29) is 11.6 Å². The molecular formula is C10H11FO2S. The predicted molar refractivity (Wildman–Crippen MR) is 55.1 cm³/mol. The van der Waals surface area contributed by atoms with Crippen molar-refractivity contribution in [3.63, 3.8) is 0 Å². The minimum atomic E-state index is -0.871. The molecule has 0 aromatic heterocycles. The Balaban J connectivity index is 2.67. The molecule has 0 radical (unpaired) electrons. The Bertz CT molecular complexity index is 310. The second-order valence-corrected chi connectivity index (χ2v) is 3.41.